The minimum absolute atomic E-state index is 0.130. The first kappa shape index (κ1) is 13.8. The quantitative estimate of drug-likeness (QED) is 0.779. The number of nitrogens with zero attached hydrogens (tertiary/aromatic N) is 1. The van der Waals surface area contributed by atoms with E-state index in [1.807, 2.05) is 18.7 Å². The average molecular weight is 254 g/mol. The van der Waals surface area contributed by atoms with E-state index < -0.39 is 5.60 Å². The molecule has 0 radical (unpaired) electrons. The van der Waals surface area contributed by atoms with Crippen molar-refractivity contribution in [1.29, 1.82) is 0 Å². The Morgan fingerprint density at radius 3 is 2.56 bits per heavy atom. The standard InChI is InChI=1S/C14H26N2O2/c1-14(2,18-3)13(17)16(9-11-6-7-11)10-12-5-4-8-15-12/h11-12,15H,4-10H2,1-3H3. The molecule has 18 heavy (non-hydrogen) atoms. The van der Waals surface area contributed by atoms with Gasteiger partial charge in [-0.25, -0.2) is 0 Å². The number of hydrogen-bond donors (Lipinski definition) is 1. The molecule has 2 rings (SSSR count). The molecule has 1 amide bonds. The third-order valence-corrected chi connectivity index (χ3v) is 4.09. The minimum atomic E-state index is -0.701. The summed E-state index contributed by atoms with van der Waals surface area (Å²) in [5, 5.41) is 3.47. The van der Waals surface area contributed by atoms with Crippen LogP contribution in [0.2, 0.25) is 0 Å². The van der Waals surface area contributed by atoms with Gasteiger partial charge in [-0.2, -0.15) is 0 Å². The highest BCUT2D eigenvalue weighted by molar-refractivity contribution is 5.84. The van der Waals surface area contributed by atoms with Crippen LogP contribution in [0.25, 0.3) is 0 Å². The van der Waals surface area contributed by atoms with Crippen molar-refractivity contribution in [3.8, 4) is 0 Å². The zero-order valence-electron chi connectivity index (χ0n) is 11.9. The summed E-state index contributed by atoms with van der Waals surface area (Å²) in [6, 6.07) is 0.473. The fourth-order valence-electron chi connectivity index (χ4n) is 2.50. The van der Waals surface area contributed by atoms with Crippen LogP contribution in [0, 0.1) is 5.92 Å². The molecule has 0 bridgehead atoms. The summed E-state index contributed by atoms with van der Waals surface area (Å²) in [4.78, 5) is 14.5. The number of methoxy groups -OCH3 is 1. The zero-order chi connectivity index (χ0) is 13.2. The maximum atomic E-state index is 12.5. The minimum Gasteiger partial charge on any atom is -0.369 e. The van der Waals surface area contributed by atoms with Gasteiger partial charge in [0.25, 0.3) is 5.91 Å². The van der Waals surface area contributed by atoms with Gasteiger partial charge in [-0.3, -0.25) is 4.79 Å². The summed E-state index contributed by atoms with van der Waals surface area (Å²) >= 11 is 0. The summed E-state index contributed by atoms with van der Waals surface area (Å²) in [7, 11) is 1.61. The van der Waals surface area contributed by atoms with Gasteiger partial charge in [0.2, 0.25) is 0 Å². The van der Waals surface area contributed by atoms with Crippen LogP contribution in [0.3, 0.4) is 0 Å². The number of ether oxygens (including phenoxy) is 1. The zero-order valence-corrected chi connectivity index (χ0v) is 11.9. The molecule has 0 aromatic heterocycles. The number of amides is 1. The number of carbonyl (C=O) groups excluding carboxylic acids is 1. The van der Waals surface area contributed by atoms with E-state index >= 15 is 0 Å². The molecule has 0 aromatic rings. The number of hydrogen-bond acceptors (Lipinski definition) is 3. The van der Waals surface area contributed by atoms with Crippen LogP contribution in [0.15, 0.2) is 0 Å². The SMILES string of the molecule is COC(C)(C)C(=O)N(CC1CC1)CC1CCCN1. The second-order valence-electron chi connectivity index (χ2n) is 6.16. The Bertz CT molecular complexity index is 294. The second-order valence-corrected chi connectivity index (χ2v) is 6.16. The molecule has 1 unspecified atom stereocenters. The molecule has 1 aliphatic heterocycles. The molecule has 4 heteroatoms. The highest BCUT2D eigenvalue weighted by atomic mass is 16.5. The molecule has 1 saturated heterocycles. The first-order chi connectivity index (χ1) is 8.53. The molecule has 1 heterocycles. The predicted molar refractivity (Wildman–Crippen MR) is 71.4 cm³/mol. The van der Waals surface area contributed by atoms with Crippen LogP contribution in [-0.2, 0) is 9.53 Å². The fourth-order valence-corrected chi connectivity index (χ4v) is 2.50. The van der Waals surface area contributed by atoms with Gasteiger partial charge in [-0.05, 0) is 52.0 Å². The lowest BCUT2D eigenvalue weighted by Gasteiger charge is -2.32. The molecule has 1 saturated carbocycles. The van der Waals surface area contributed by atoms with E-state index in [4.69, 9.17) is 4.74 Å². The molecule has 1 aliphatic carbocycles. The van der Waals surface area contributed by atoms with Crippen LogP contribution >= 0.6 is 0 Å². The topological polar surface area (TPSA) is 41.6 Å². The third-order valence-electron chi connectivity index (χ3n) is 4.09. The summed E-state index contributed by atoms with van der Waals surface area (Å²) in [5.41, 5.74) is -0.701. The van der Waals surface area contributed by atoms with Crippen molar-refractivity contribution in [2.24, 2.45) is 5.92 Å². The molecule has 104 valence electrons. The van der Waals surface area contributed by atoms with Crippen molar-refractivity contribution < 1.29 is 9.53 Å². The van der Waals surface area contributed by atoms with E-state index in [0.29, 0.717) is 6.04 Å². The Morgan fingerprint density at radius 2 is 2.06 bits per heavy atom. The lowest BCUT2D eigenvalue weighted by Crippen LogP contribution is -2.50. The number of carbonyl (C=O) groups is 1. The van der Waals surface area contributed by atoms with E-state index in [1.165, 1.54) is 25.7 Å². The molecular weight excluding hydrogens is 228 g/mol. The molecule has 0 spiro atoms. The molecule has 2 aliphatic rings. The lowest BCUT2D eigenvalue weighted by atomic mass is 10.1. The van der Waals surface area contributed by atoms with Crippen molar-refractivity contribution >= 4 is 5.91 Å². The van der Waals surface area contributed by atoms with Gasteiger partial charge in [0.1, 0.15) is 5.60 Å². The van der Waals surface area contributed by atoms with Crippen molar-refractivity contribution in [1.82, 2.24) is 10.2 Å². The van der Waals surface area contributed by atoms with Crippen molar-refractivity contribution in [3.05, 3.63) is 0 Å². The van der Waals surface area contributed by atoms with Crippen LogP contribution in [0.4, 0.5) is 0 Å². The Morgan fingerprint density at radius 1 is 1.33 bits per heavy atom. The monoisotopic (exact) mass is 254 g/mol. The van der Waals surface area contributed by atoms with Crippen LogP contribution in [-0.4, -0.2) is 49.2 Å². The number of rotatable bonds is 6. The molecular formula is C14H26N2O2. The maximum Gasteiger partial charge on any atom is 0.254 e. The summed E-state index contributed by atoms with van der Waals surface area (Å²) in [6.07, 6.45) is 4.95. The van der Waals surface area contributed by atoms with E-state index in [1.54, 1.807) is 7.11 Å². The molecule has 4 nitrogen and oxygen atoms in total. The van der Waals surface area contributed by atoms with Crippen molar-refractivity contribution in [3.63, 3.8) is 0 Å². The Balaban J connectivity index is 1.96. The molecule has 0 aromatic carbocycles. The lowest BCUT2D eigenvalue weighted by molar-refractivity contribution is -0.151. The average Bonchev–Trinajstić information content (AvgIpc) is 3.01. The van der Waals surface area contributed by atoms with E-state index in [9.17, 15) is 4.79 Å². The molecule has 1 atom stereocenters. The van der Waals surface area contributed by atoms with Crippen LogP contribution < -0.4 is 5.32 Å². The first-order valence-electron chi connectivity index (χ1n) is 7.11. The number of nitrogens with one attached hydrogen (secondary N) is 1. The summed E-state index contributed by atoms with van der Waals surface area (Å²) in [5.74, 6) is 0.855. The van der Waals surface area contributed by atoms with Gasteiger partial charge in [0.05, 0.1) is 0 Å². The van der Waals surface area contributed by atoms with E-state index in [2.05, 4.69) is 5.32 Å². The van der Waals surface area contributed by atoms with Gasteiger partial charge < -0.3 is 15.0 Å². The van der Waals surface area contributed by atoms with E-state index in [0.717, 1.165) is 25.6 Å². The Hall–Kier alpha value is -0.610. The Labute approximate surface area is 110 Å². The highest BCUT2D eigenvalue weighted by Crippen LogP contribution is 2.31. The van der Waals surface area contributed by atoms with Gasteiger partial charge in [0.15, 0.2) is 0 Å². The normalized spacial score (nSPS) is 24.3. The summed E-state index contributed by atoms with van der Waals surface area (Å²) in [6.45, 7) is 6.55. The second kappa shape index (κ2) is 5.57. The van der Waals surface area contributed by atoms with Gasteiger partial charge >= 0.3 is 0 Å². The fraction of sp³-hybridized carbons (Fsp3) is 0.929. The van der Waals surface area contributed by atoms with Crippen LogP contribution in [0.1, 0.15) is 39.5 Å². The van der Waals surface area contributed by atoms with Gasteiger partial charge in [0, 0.05) is 26.2 Å². The summed E-state index contributed by atoms with van der Waals surface area (Å²) < 4.78 is 5.34. The highest BCUT2D eigenvalue weighted by Gasteiger charge is 2.36. The molecule has 1 N–H and O–H groups in total. The predicted octanol–water partition coefficient (Wildman–Crippen LogP) is 1.40. The maximum absolute atomic E-state index is 12.5. The van der Waals surface area contributed by atoms with Crippen molar-refractivity contribution in [2.45, 2.75) is 51.2 Å². The largest absolute Gasteiger partial charge is 0.369 e. The third kappa shape index (κ3) is 3.45. The molecule has 2 fully saturated rings. The van der Waals surface area contributed by atoms with Crippen LogP contribution in [0.5, 0.6) is 0 Å². The Kier molecular flexibility index (Phi) is 4.28. The van der Waals surface area contributed by atoms with Crippen molar-refractivity contribution in [2.75, 3.05) is 26.7 Å². The van der Waals surface area contributed by atoms with Gasteiger partial charge in [-0.1, -0.05) is 0 Å². The van der Waals surface area contributed by atoms with E-state index in [-0.39, 0.29) is 5.91 Å². The first-order valence-corrected chi connectivity index (χ1v) is 7.11. The smallest absolute Gasteiger partial charge is 0.254 e. The van der Waals surface area contributed by atoms with Gasteiger partial charge in [-0.15, -0.1) is 0 Å².